The molecule has 0 saturated carbocycles. The van der Waals surface area contributed by atoms with Gasteiger partial charge >= 0.3 is 5.97 Å². The third-order valence-electron chi connectivity index (χ3n) is 3.20. The number of benzene rings is 1. The summed E-state index contributed by atoms with van der Waals surface area (Å²) in [5, 5.41) is 9.81. The number of aryl methyl sites for hydroxylation is 2. The van der Waals surface area contributed by atoms with E-state index in [4.69, 9.17) is 10.5 Å². The number of carboxylic acids is 1. The van der Waals surface area contributed by atoms with Crippen LogP contribution in [-0.2, 0) is 6.42 Å². The standard InChI is InChI=1S/C14H16N2O3/c1-4-8-5-6-9-11(13(8)19-3)12(15)10(14(17)18)7(2)16-9/h5-6H,4H2,1-3H3,(H2,15,16)(H,17,18). The molecule has 3 N–H and O–H groups in total. The fraction of sp³-hybridized carbons (Fsp3) is 0.286. The molecule has 2 rings (SSSR count). The van der Waals surface area contributed by atoms with E-state index in [9.17, 15) is 9.90 Å². The van der Waals surface area contributed by atoms with Crippen LogP contribution in [0.4, 0.5) is 5.69 Å². The van der Waals surface area contributed by atoms with E-state index >= 15 is 0 Å². The maximum Gasteiger partial charge on any atom is 0.339 e. The molecule has 1 heterocycles. The lowest BCUT2D eigenvalue weighted by atomic mass is 10.0. The van der Waals surface area contributed by atoms with E-state index in [0.717, 1.165) is 12.0 Å². The molecular weight excluding hydrogens is 244 g/mol. The van der Waals surface area contributed by atoms with Gasteiger partial charge in [-0.3, -0.25) is 4.98 Å². The molecule has 1 aromatic heterocycles. The van der Waals surface area contributed by atoms with E-state index in [1.807, 2.05) is 19.1 Å². The monoisotopic (exact) mass is 260 g/mol. The Kier molecular flexibility index (Phi) is 3.29. The van der Waals surface area contributed by atoms with Crippen LogP contribution >= 0.6 is 0 Å². The molecule has 0 saturated heterocycles. The van der Waals surface area contributed by atoms with Crippen LogP contribution in [0.2, 0.25) is 0 Å². The maximum absolute atomic E-state index is 11.3. The Labute approximate surface area is 111 Å². The minimum atomic E-state index is -1.08. The SMILES string of the molecule is CCc1ccc2nc(C)c(C(=O)O)c(N)c2c1OC. The highest BCUT2D eigenvalue weighted by Gasteiger charge is 2.20. The summed E-state index contributed by atoms with van der Waals surface area (Å²) < 4.78 is 5.39. The molecule has 5 nitrogen and oxygen atoms in total. The lowest BCUT2D eigenvalue weighted by molar-refractivity contribution is 0.0697. The average Bonchev–Trinajstić information content (AvgIpc) is 2.36. The van der Waals surface area contributed by atoms with Gasteiger partial charge in [0.05, 0.1) is 29.4 Å². The molecule has 2 aromatic rings. The zero-order valence-electron chi connectivity index (χ0n) is 11.2. The first-order valence-corrected chi connectivity index (χ1v) is 6.00. The van der Waals surface area contributed by atoms with E-state index in [2.05, 4.69) is 4.98 Å². The second kappa shape index (κ2) is 4.76. The number of methoxy groups -OCH3 is 1. The quantitative estimate of drug-likeness (QED) is 0.885. The van der Waals surface area contributed by atoms with E-state index < -0.39 is 5.97 Å². The number of anilines is 1. The first kappa shape index (κ1) is 13.1. The van der Waals surface area contributed by atoms with Crippen molar-refractivity contribution in [2.24, 2.45) is 0 Å². The molecule has 19 heavy (non-hydrogen) atoms. The van der Waals surface area contributed by atoms with E-state index in [1.54, 1.807) is 14.0 Å². The van der Waals surface area contributed by atoms with Crippen molar-refractivity contribution < 1.29 is 14.6 Å². The second-order valence-corrected chi connectivity index (χ2v) is 4.30. The predicted octanol–water partition coefficient (Wildman–Crippen LogP) is 2.39. The van der Waals surface area contributed by atoms with Crippen LogP contribution in [-0.4, -0.2) is 23.2 Å². The Hall–Kier alpha value is -2.30. The maximum atomic E-state index is 11.3. The van der Waals surface area contributed by atoms with Gasteiger partial charge in [0.25, 0.3) is 0 Å². The fourth-order valence-electron chi connectivity index (χ4n) is 2.31. The van der Waals surface area contributed by atoms with Crippen LogP contribution in [0, 0.1) is 6.92 Å². The molecule has 5 heteroatoms. The third kappa shape index (κ3) is 1.97. The molecule has 0 bridgehead atoms. The van der Waals surface area contributed by atoms with Gasteiger partial charge in [0.15, 0.2) is 0 Å². The van der Waals surface area contributed by atoms with Crippen LogP contribution in [0.25, 0.3) is 10.9 Å². The summed E-state index contributed by atoms with van der Waals surface area (Å²) in [5.41, 5.74) is 8.30. The molecule has 0 spiro atoms. The van der Waals surface area contributed by atoms with Crippen LogP contribution in [0.1, 0.15) is 28.5 Å². The number of rotatable bonds is 3. The number of nitrogen functional groups attached to an aromatic ring is 1. The molecule has 1 aromatic carbocycles. The van der Waals surface area contributed by atoms with Gasteiger partial charge in [-0.2, -0.15) is 0 Å². The molecule has 0 aliphatic heterocycles. The van der Waals surface area contributed by atoms with Crippen molar-refractivity contribution in [2.75, 3.05) is 12.8 Å². The Balaban J connectivity index is 2.95. The lowest BCUT2D eigenvalue weighted by Gasteiger charge is -2.14. The average molecular weight is 260 g/mol. The zero-order chi connectivity index (χ0) is 14.2. The Morgan fingerprint density at radius 1 is 1.47 bits per heavy atom. The van der Waals surface area contributed by atoms with Crippen molar-refractivity contribution in [2.45, 2.75) is 20.3 Å². The summed E-state index contributed by atoms with van der Waals surface area (Å²) in [6.45, 7) is 3.64. The number of hydrogen-bond donors (Lipinski definition) is 2. The number of fused-ring (bicyclic) bond motifs is 1. The van der Waals surface area contributed by atoms with Crippen LogP contribution in [0.3, 0.4) is 0 Å². The number of nitrogens with two attached hydrogens (primary N) is 1. The normalized spacial score (nSPS) is 10.7. The largest absolute Gasteiger partial charge is 0.496 e. The minimum absolute atomic E-state index is 0.0408. The Morgan fingerprint density at radius 2 is 2.16 bits per heavy atom. The van der Waals surface area contributed by atoms with E-state index in [0.29, 0.717) is 22.3 Å². The number of carboxylic acid groups (broad SMARTS) is 1. The van der Waals surface area contributed by atoms with Gasteiger partial charge in [-0.1, -0.05) is 13.0 Å². The number of pyridine rings is 1. The van der Waals surface area contributed by atoms with Gasteiger partial charge in [0.2, 0.25) is 0 Å². The summed E-state index contributed by atoms with van der Waals surface area (Å²) >= 11 is 0. The number of ether oxygens (including phenoxy) is 1. The van der Waals surface area contributed by atoms with Crippen LogP contribution in [0.15, 0.2) is 12.1 Å². The number of hydrogen-bond acceptors (Lipinski definition) is 4. The highest BCUT2D eigenvalue weighted by Crippen LogP contribution is 2.36. The summed E-state index contributed by atoms with van der Waals surface area (Å²) in [6, 6.07) is 3.76. The van der Waals surface area contributed by atoms with Crippen molar-refractivity contribution in [1.29, 1.82) is 0 Å². The molecular formula is C14H16N2O3. The zero-order valence-corrected chi connectivity index (χ0v) is 11.2. The van der Waals surface area contributed by atoms with E-state index in [-0.39, 0.29) is 11.3 Å². The predicted molar refractivity (Wildman–Crippen MR) is 73.8 cm³/mol. The number of carbonyl (C=O) groups is 1. The van der Waals surface area contributed by atoms with Crippen molar-refractivity contribution >= 4 is 22.6 Å². The summed E-state index contributed by atoms with van der Waals surface area (Å²) in [5.74, 6) is -0.471. The highest BCUT2D eigenvalue weighted by atomic mass is 16.5. The van der Waals surface area contributed by atoms with Gasteiger partial charge in [0, 0.05) is 0 Å². The lowest BCUT2D eigenvalue weighted by Crippen LogP contribution is -2.09. The van der Waals surface area contributed by atoms with Crippen molar-refractivity contribution in [3.8, 4) is 5.75 Å². The van der Waals surface area contributed by atoms with Gasteiger partial charge in [-0.25, -0.2) is 4.79 Å². The number of nitrogens with zero attached hydrogens (tertiary/aromatic N) is 1. The first-order valence-electron chi connectivity index (χ1n) is 6.00. The van der Waals surface area contributed by atoms with E-state index in [1.165, 1.54) is 0 Å². The topological polar surface area (TPSA) is 85.4 Å². The third-order valence-corrected chi connectivity index (χ3v) is 3.20. The van der Waals surface area contributed by atoms with Crippen LogP contribution in [0.5, 0.6) is 5.75 Å². The smallest absolute Gasteiger partial charge is 0.339 e. The highest BCUT2D eigenvalue weighted by molar-refractivity contribution is 6.07. The van der Waals surface area contributed by atoms with Crippen LogP contribution < -0.4 is 10.5 Å². The summed E-state index contributed by atoms with van der Waals surface area (Å²) in [6.07, 6.45) is 0.773. The molecule has 100 valence electrons. The first-order chi connectivity index (χ1) is 9.01. The molecule has 0 aliphatic carbocycles. The number of aromatic carboxylic acids is 1. The number of aromatic nitrogens is 1. The molecule has 0 fully saturated rings. The fourth-order valence-corrected chi connectivity index (χ4v) is 2.31. The minimum Gasteiger partial charge on any atom is -0.496 e. The van der Waals surface area contributed by atoms with Crippen molar-refractivity contribution in [3.63, 3.8) is 0 Å². The van der Waals surface area contributed by atoms with Crippen molar-refractivity contribution in [3.05, 3.63) is 29.0 Å². The molecule has 0 amide bonds. The van der Waals surface area contributed by atoms with Crippen molar-refractivity contribution in [1.82, 2.24) is 4.98 Å². The van der Waals surface area contributed by atoms with Gasteiger partial charge in [-0.15, -0.1) is 0 Å². The van der Waals surface area contributed by atoms with Gasteiger partial charge < -0.3 is 15.6 Å². The molecule has 0 unspecified atom stereocenters. The molecule has 0 atom stereocenters. The molecule has 0 aliphatic rings. The summed E-state index contributed by atoms with van der Waals surface area (Å²) in [7, 11) is 1.55. The molecule has 0 radical (unpaired) electrons. The Morgan fingerprint density at radius 3 is 2.68 bits per heavy atom. The Bertz CT molecular complexity index is 666. The second-order valence-electron chi connectivity index (χ2n) is 4.30. The van der Waals surface area contributed by atoms with Gasteiger partial charge in [-0.05, 0) is 25.0 Å². The van der Waals surface area contributed by atoms with Gasteiger partial charge in [0.1, 0.15) is 11.3 Å². The summed E-state index contributed by atoms with van der Waals surface area (Å²) in [4.78, 5) is 15.6.